The number of carbonyl (C=O) groups is 2. The van der Waals surface area contributed by atoms with E-state index in [4.69, 9.17) is 4.42 Å². The molecule has 0 unspecified atom stereocenters. The largest absolute Gasteiger partial charge is 0.454 e. The molecule has 0 saturated carbocycles. The van der Waals surface area contributed by atoms with E-state index in [1.807, 2.05) is 38.1 Å². The molecule has 2 aromatic carbocycles. The van der Waals surface area contributed by atoms with Gasteiger partial charge in [0.15, 0.2) is 5.76 Å². The van der Waals surface area contributed by atoms with Gasteiger partial charge in [0.1, 0.15) is 5.76 Å². The molecule has 0 fully saturated rings. The number of nitrogens with one attached hydrogen (secondary N) is 2. The first-order valence-electron chi connectivity index (χ1n) is 8.34. The van der Waals surface area contributed by atoms with Crippen LogP contribution in [0.4, 0.5) is 5.69 Å². The van der Waals surface area contributed by atoms with E-state index in [1.165, 1.54) is 0 Å². The highest BCUT2D eigenvalue weighted by Crippen LogP contribution is 2.19. The minimum Gasteiger partial charge on any atom is -0.454 e. The molecule has 0 atom stereocenters. The van der Waals surface area contributed by atoms with Crippen LogP contribution >= 0.6 is 0 Å². The van der Waals surface area contributed by atoms with Crippen molar-refractivity contribution >= 4 is 17.5 Å². The third-order valence-corrected chi connectivity index (χ3v) is 4.20. The van der Waals surface area contributed by atoms with Crippen molar-refractivity contribution in [2.75, 3.05) is 5.32 Å². The van der Waals surface area contributed by atoms with E-state index < -0.39 is 0 Å². The predicted molar refractivity (Wildman–Crippen MR) is 100 cm³/mol. The molecule has 0 aliphatic carbocycles. The Kier molecular flexibility index (Phi) is 5.17. The quantitative estimate of drug-likeness (QED) is 0.730. The smallest absolute Gasteiger partial charge is 0.291 e. The number of rotatable bonds is 5. The van der Waals surface area contributed by atoms with Gasteiger partial charge in [-0.2, -0.15) is 0 Å². The van der Waals surface area contributed by atoms with Gasteiger partial charge in [-0.25, -0.2) is 0 Å². The van der Waals surface area contributed by atoms with E-state index in [0.717, 1.165) is 16.8 Å². The molecular formula is C21H20N2O3. The van der Waals surface area contributed by atoms with Gasteiger partial charge in [-0.05, 0) is 55.3 Å². The zero-order chi connectivity index (χ0) is 18.5. The average molecular weight is 348 g/mol. The zero-order valence-corrected chi connectivity index (χ0v) is 14.7. The Hall–Kier alpha value is -3.34. The van der Waals surface area contributed by atoms with E-state index in [0.29, 0.717) is 11.3 Å². The fourth-order valence-electron chi connectivity index (χ4n) is 2.52. The molecule has 26 heavy (non-hydrogen) atoms. The summed E-state index contributed by atoms with van der Waals surface area (Å²) >= 11 is 0. The van der Waals surface area contributed by atoms with Gasteiger partial charge in [-0.1, -0.05) is 30.3 Å². The fourth-order valence-corrected chi connectivity index (χ4v) is 2.52. The molecule has 0 bridgehead atoms. The summed E-state index contributed by atoms with van der Waals surface area (Å²) in [5.41, 5.74) is 3.45. The Bertz CT molecular complexity index is 929. The SMILES string of the molecule is Cc1cccc(NC(=O)c2ccc(CNC(=O)c3ccccc3)o2)c1C. The number of anilines is 1. The second kappa shape index (κ2) is 7.70. The van der Waals surface area contributed by atoms with Crippen molar-refractivity contribution in [3.8, 4) is 0 Å². The van der Waals surface area contributed by atoms with Crippen LogP contribution < -0.4 is 10.6 Å². The molecule has 2 N–H and O–H groups in total. The number of aryl methyl sites for hydroxylation is 1. The van der Waals surface area contributed by atoms with Gasteiger partial charge >= 0.3 is 0 Å². The van der Waals surface area contributed by atoms with Crippen LogP contribution in [0, 0.1) is 13.8 Å². The Morgan fingerprint density at radius 1 is 0.885 bits per heavy atom. The van der Waals surface area contributed by atoms with Crippen LogP contribution in [0.2, 0.25) is 0 Å². The van der Waals surface area contributed by atoms with Crippen molar-refractivity contribution in [3.05, 3.63) is 88.9 Å². The molecule has 0 radical (unpaired) electrons. The summed E-state index contributed by atoms with van der Waals surface area (Å²) in [4.78, 5) is 24.4. The maximum Gasteiger partial charge on any atom is 0.291 e. The second-order valence-electron chi connectivity index (χ2n) is 6.02. The van der Waals surface area contributed by atoms with Gasteiger partial charge < -0.3 is 15.1 Å². The summed E-state index contributed by atoms with van der Waals surface area (Å²) in [6, 6.07) is 18.0. The van der Waals surface area contributed by atoms with Gasteiger partial charge in [0, 0.05) is 11.3 Å². The monoisotopic (exact) mass is 348 g/mol. The van der Waals surface area contributed by atoms with Crippen LogP contribution in [0.25, 0.3) is 0 Å². The third kappa shape index (κ3) is 4.00. The van der Waals surface area contributed by atoms with Crippen molar-refractivity contribution in [1.29, 1.82) is 0 Å². The predicted octanol–water partition coefficient (Wildman–Crippen LogP) is 4.08. The number of furan rings is 1. The topological polar surface area (TPSA) is 71.3 Å². The van der Waals surface area contributed by atoms with E-state index in [2.05, 4.69) is 10.6 Å². The zero-order valence-electron chi connectivity index (χ0n) is 14.7. The van der Waals surface area contributed by atoms with Crippen LogP contribution in [0.3, 0.4) is 0 Å². The van der Waals surface area contributed by atoms with E-state index in [-0.39, 0.29) is 24.1 Å². The lowest BCUT2D eigenvalue weighted by atomic mass is 10.1. The summed E-state index contributed by atoms with van der Waals surface area (Å²) in [5, 5.41) is 5.62. The van der Waals surface area contributed by atoms with Crippen LogP contribution in [-0.4, -0.2) is 11.8 Å². The molecule has 5 nitrogen and oxygen atoms in total. The van der Waals surface area contributed by atoms with Gasteiger partial charge in [-0.15, -0.1) is 0 Å². The molecule has 1 heterocycles. The van der Waals surface area contributed by atoms with Gasteiger partial charge in [-0.3, -0.25) is 9.59 Å². The number of hydrogen-bond donors (Lipinski definition) is 2. The maximum atomic E-state index is 12.4. The molecule has 3 aromatic rings. The molecule has 2 amide bonds. The highest BCUT2D eigenvalue weighted by atomic mass is 16.4. The fraction of sp³-hybridized carbons (Fsp3) is 0.143. The Morgan fingerprint density at radius 2 is 1.65 bits per heavy atom. The summed E-state index contributed by atoms with van der Waals surface area (Å²) in [6.07, 6.45) is 0. The van der Waals surface area contributed by atoms with Crippen molar-refractivity contribution in [3.63, 3.8) is 0 Å². The molecule has 132 valence electrons. The first-order chi connectivity index (χ1) is 12.5. The standard InChI is InChI=1S/C21H20N2O3/c1-14-7-6-10-18(15(14)2)23-21(25)19-12-11-17(26-19)13-22-20(24)16-8-4-3-5-9-16/h3-12H,13H2,1-2H3,(H,22,24)(H,23,25). The molecular weight excluding hydrogens is 328 g/mol. The average Bonchev–Trinajstić information content (AvgIpc) is 3.13. The highest BCUT2D eigenvalue weighted by molar-refractivity contribution is 6.02. The summed E-state index contributed by atoms with van der Waals surface area (Å²) < 4.78 is 5.55. The van der Waals surface area contributed by atoms with Crippen molar-refractivity contribution in [2.45, 2.75) is 20.4 Å². The number of benzene rings is 2. The third-order valence-electron chi connectivity index (χ3n) is 4.20. The van der Waals surface area contributed by atoms with Gasteiger partial charge in [0.2, 0.25) is 0 Å². The van der Waals surface area contributed by atoms with Gasteiger partial charge in [0.25, 0.3) is 11.8 Å². The first kappa shape index (κ1) is 17.5. The molecule has 3 rings (SSSR count). The van der Waals surface area contributed by atoms with Crippen LogP contribution in [-0.2, 0) is 6.54 Å². The lowest BCUT2D eigenvalue weighted by Crippen LogP contribution is -2.22. The lowest BCUT2D eigenvalue weighted by Gasteiger charge is -2.09. The Balaban J connectivity index is 1.61. The van der Waals surface area contributed by atoms with E-state index in [1.54, 1.807) is 36.4 Å². The summed E-state index contributed by atoms with van der Waals surface area (Å²) in [7, 11) is 0. The maximum absolute atomic E-state index is 12.4. The van der Waals surface area contributed by atoms with Gasteiger partial charge in [0.05, 0.1) is 6.54 Å². The highest BCUT2D eigenvalue weighted by Gasteiger charge is 2.13. The van der Waals surface area contributed by atoms with Crippen molar-refractivity contribution in [1.82, 2.24) is 5.32 Å². The minimum atomic E-state index is -0.320. The lowest BCUT2D eigenvalue weighted by molar-refractivity contribution is 0.0948. The van der Waals surface area contributed by atoms with E-state index in [9.17, 15) is 9.59 Å². The van der Waals surface area contributed by atoms with Crippen molar-refractivity contribution < 1.29 is 14.0 Å². The van der Waals surface area contributed by atoms with Crippen LogP contribution in [0.15, 0.2) is 65.1 Å². The Labute approximate surface area is 152 Å². The molecule has 0 saturated heterocycles. The number of carbonyl (C=O) groups excluding carboxylic acids is 2. The normalized spacial score (nSPS) is 10.4. The van der Waals surface area contributed by atoms with E-state index >= 15 is 0 Å². The number of amides is 2. The van der Waals surface area contributed by atoms with Crippen molar-refractivity contribution in [2.24, 2.45) is 0 Å². The van der Waals surface area contributed by atoms with Crippen LogP contribution in [0.1, 0.15) is 37.8 Å². The van der Waals surface area contributed by atoms with Crippen LogP contribution in [0.5, 0.6) is 0 Å². The molecule has 0 aliphatic heterocycles. The second-order valence-corrected chi connectivity index (χ2v) is 6.02. The summed E-state index contributed by atoms with van der Waals surface area (Å²) in [5.74, 6) is 0.206. The first-order valence-corrected chi connectivity index (χ1v) is 8.34. The molecule has 0 aliphatic rings. The minimum absolute atomic E-state index is 0.191. The number of hydrogen-bond acceptors (Lipinski definition) is 3. The summed E-state index contributed by atoms with van der Waals surface area (Å²) in [6.45, 7) is 4.16. The molecule has 0 spiro atoms. The molecule has 1 aromatic heterocycles. The Morgan fingerprint density at radius 3 is 2.42 bits per heavy atom. The molecule has 5 heteroatoms.